The number of hydrogen-bond donors (Lipinski definition) is 2. The Labute approximate surface area is 243 Å². The molecular formula is C27H32Cl2N6O4Si. The van der Waals surface area contributed by atoms with Crippen molar-refractivity contribution in [1.82, 2.24) is 25.1 Å². The Morgan fingerprint density at radius 2 is 1.85 bits per heavy atom. The minimum atomic E-state index is -1.93. The van der Waals surface area contributed by atoms with Gasteiger partial charge in [-0.25, -0.2) is 9.97 Å². The van der Waals surface area contributed by atoms with Gasteiger partial charge in [0.15, 0.2) is 19.8 Å². The summed E-state index contributed by atoms with van der Waals surface area (Å²) in [6, 6.07) is 10.4. The smallest absolute Gasteiger partial charge is 0.269 e. The lowest BCUT2D eigenvalue weighted by molar-refractivity contribution is -0.125. The number of ether oxygens (including phenoxy) is 2. The first-order chi connectivity index (χ1) is 18.9. The molecule has 0 saturated carbocycles. The average Bonchev–Trinajstić information content (AvgIpc) is 3.37. The van der Waals surface area contributed by atoms with Gasteiger partial charge in [-0.3, -0.25) is 9.89 Å². The van der Waals surface area contributed by atoms with E-state index in [9.17, 15) is 4.79 Å². The third kappa shape index (κ3) is 7.35. The Morgan fingerprint density at radius 1 is 1.07 bits per heavy atom. The van der Waals surface area contributed by atoms with Gasteiger partial charge in [-0.2, -0.15) is 10.1 Å². The molecule has 10 nitrogen and oxygen atoms in total. The van der Waals surface area contributed by atoms with Crippen molar-refractivity contribution in [3.63, 3.8) is 0 Å². The summed E-state index contributed by atoms with van der Waals surface area (Å²) in [6.45, 7) is 11.5. The van der Waals surface area contributed by atoms with Crippen LogP contribution in [0.1, 0.15) is 20.8 Å². The normalized spacial score (nSPS) is 12.9. The molecule has 0 radical (unpaired) electrons. The zero-order valence-corrected chi connectivity index (χ0v) is 25.5. The van der Waals surface area contributed by atoms with E-state index in [1.54, 1.807) is 24.3 Å². The predicted molar refractivity (Wildman–Crippen MR) is 158 cm³/mol. The van der Waals surface area contributed by atoms with Crippen LogP contribution in [-0.4, -0.2) is 65.3 Å². The standard InChI is InChI=1S/C27H32Cl2N6O4Si/c1-27(2,3)40(4,5)38-13-12-37-16-21(25(36)32-22-11-10-17(28)14-30-22)39-26-19-15-31-35-24(19)33-23(34-26)18-8-6-7-9-20(18)29/h6-11,14-15,21H,12-13,16H2,1-5H3,(H,30,32,36)(H,31,33,34,35)/t21-/m0/s1. The number of carbonyl (C=O) groups excluding carboxylic acids is 1. The number of carbonyl (C=O) groups is 1. The van der Waals surface area contributed by atoms with Crippen LogP contribution in [-0.2, 0) is 14.0 Å². The van der Waals surface area contributed by atoms with Crippen molar-refractivity contribution in [2.45, 2.75) is 45.0 Å². The second-order valence-corrected chi connectivity index (χ2v) is 16.3. The second-order valence-electron chi connectivity index (χ2n) is 10.6. The van der Waals surface area contributed by atoms with Crippen molar-refractivity contribution in [2.75, 3.05) is 25.1 Å². The monoisotopic (exact) mass is 602 g/mol. The molecule has 0 aliphatic heterocycles. The Morgan fingerprint density at radius 3 is 2.55 bits per heavy atom. The Kier molecular flexibility index (Phi) is 9.42. The molecule has 1 atom stereocenters. The zero-order valence-electron chi connectivity index (χ0n) is 23.0. The van der Waals surface area contributed by atoms with Gasteiger partial charge in [-0.05, 0) is 42.4 Å². The summed E-state index contributed by atoms with van der Waals surface area (Å²) < 4.78 is 18.2. The second kappa shape index (κ2) is 12.6. The highest BCUT2D eigenvalue weighted by Crippen LogP contribution is 2.36. The predicted octanol–water partition coefficient (Wildman–Crippen LogP) is 6.15. The lowest BCUT2D eigenvalue weighted by Gasteiger charge is -2.36. The van der Waals surface area contributed by atoms with Crippen LogP contribution in [0.5, 0.6) is 5.88 Å². The van der Waals surface area contributed by atoms with Gasteiger partial charge in [0, 0.05) is 11.8 Å². The number of anilines is 1. The van der Waals surface area contributed by atoms with E-state index in [1.807, 2.05) is 12.1 Å². The number of fused-ring (bicyclic) bond motifs is 1. The van der Waals surface area contributed by atoms with Crippen molar-refractivity contribution in [3.8, 4) is 17.3 Å². The van der Waals surface area contributed by atoms with Gasteiger partial charge >= 0.3 is 0 Å². The van der Waals surface area contributed by atoms with Crippen molar-refractivity contribution < 1.29 is 18.7 Å². The van der Waals surface area contributed by atoms with Crippen LogP contribution < -0.4 is 10.1 Å². The van der Waals surface area contributed by atoms with Gasteiger partial charge in [0.2, 0.25) is 12.0 Å². The largest absolute Gasteiger partial charge is 0.461 e. The maximum absolute atomic E-state index is 13.3. The minimum Gasteiger partial charge on any atom is -0.461 e. The molecule has 1 aromatic carbocycles. The van der Waals surface area contributed by atoms with Crippen LogP contribution in [0.15, 0.2) is 48.8 Å². The number of hydrogen-bond acceptors (Lipinski definition) is 8. The first-order valence-corrected chi connectivity index (χ1v) is 16.4. The van der Waals surface area contributed by atoms with Crippen molar-refractivity contribution in [2.24, 2.45) is 0 Å². The highest BCUT2D eigenvalue weighted by Gasteiger charge is 2.37. The van der Waals surface area contributed by atoms with Crippen LogP contribution in [0, 0.1) is 0 Å². The molecule has 0 fully saturated rings. The fourth-order valence-electron chi connectivity index (χ4n) is 3.38. The molecule has 0 bridgehead atoms. The van der Waals surface area contributed by atoms with Crippen LogP contribution in [0.2, 0.25) is 28.2 Å². The maximum Gasteiger partial charge on any atom is 0.269 e. The van der Waals surface area contributed by atoms with Crippen LogP contribution >= 0.6 is 23.2 Å². The van der Waals surface area contributed by atoms with Crippen molar-refractivity contribution >= 4 is 54.3 Å². The summed E-state index contributed by atoms with van der Waals surface area (Å²) in [4.78, 5) is 26.6. The number of H-pyrrole nitrogens is 1. The molecule has 3 aromatic heterocycles. The number of amides is 1. The van der Waals surface area contributed by atoms with Gasteiger partial charge in [-0.1, -0.05) is 56.1 Å². The third-order valence-electron chi connectivity index (χ3n) is 6.68. The summed E-state index contributed by atoms with van der Waals surface area (Å²) in [5, 5.41) is 11.1. The fraction of sp³-hybridized carbons (Fsp3) is 0.370. The van der Waals surface area contributed by atoms with Crippen molar-refractivity contribution in [3.05, 3.63) is 58.8 Å². The van der Waals surface area contributed by atoms with E-state index in [0.717, 1.165) is 0 Å². The molecule has 0 aliphatic carbocycles. The molecule has 2 N–H and O–H groups in total. The molecule has 0 spiro atoms. The van der Waals surface area contributed by atoms with E-state index >= 15 is 0 Å². The Bertz CT molecular complexity index is 1460. The number of nitrogens with zero attached hydrogens (tertiary/aromatic N) is 4. The number of benzene rings is 1. The molecule has 3 heterocycles. The van der Waals surface area contributed by atoms with Crippen molar-refractivity contribution in [1.29, 1.82) is 0 Å². The van der Waals surface area contributed by atoms with Crippen LogP contribution in [0.3, 0.4) is 0 Å². The SMILES string of the molecule is CC(C)(C)[Si](C)(C)OCCOC[C@H](Oc1nc(-c2ccccc2Cl)nc2[nH]ncc12)C(=O)Nc1ccc(Cl)cn1. The van der Waals surface area contributed by atoms with Gasteiger partial charge < -0.3 is 19.2 Å². The van der Waals surface area contributed by atoms with E-state index in [2.05, 4.69) is 64.3 Å². The van der Waals surface area contributed by atoms with E-state index in [1.165, 1.54) is 12.4 Å². The van der Waals surface area contributed by atoms with E-state index < -0.39 is 20.3 Å². The summed E-state index contributed by atoms with van der Waals surface area (Å²) in [6.07, 6.45) is 1.89. The molecule has 1 amide bonds. The van der Waals surface area contributed by atoms with Crippen LogP contribution in [0.25, 0.3) is 22.4 Å². The number of halogens is 2. The molecule has 4 aromatic rings. The van der Waals surface area contributed by atoms with Gasteiger partial charge in [0.25, 0.3) is 5.91 Å². The minimum absolute atomic E-state index is 0.0644. The Hall–Kier alpha value is -3.09. The molecule has 0 saturated heterocycles. The highest BCUT2D eigenvalue weighted by atomic mass is 35.5. The third-order valence-corrected chi connectivity index (χ3v) is 11.8. The number of nitrogens with one attached hydrogen (secondary N) is 2. The lowest BCUT2D eigenvalue weighted by atomic mass is 10.2. The average molecular weight is 604 g/mol. The molecule has 13 heteroatoms. The fourth-order valence-corrected chi connectivity index (χ4v) is 4.74. The van der Waals surface area contributed by atoms with Crippen LogP contribution in [0.4, 0.5) is 5.82 Å². The number of aromatic amines is 1. The molecule has 212 valence electrons. The summed E-state index contributed by atoms with van der Waals surface area (Å²) in [5.74, 6) is 0.311. The molecule has 0 unspecified atom stereocenters. The molecule has 40 heavy (non-hydrogen) atoms. The topological polar surface area (TPSA) is 124 Å². The number of pyridine rings is 1. The molecule has 4 rings (SSSR count). The van der Waals surface area contributed by atoms with Gasteiger partial charge in [0.05, 0.1) is 36.1 Å². The van der Waals surface area contributed by atoms with E-state index in [4.69, 9.17) is 37.1 Å². The van der Waals surface area contributed by atoms with Gasteiger partial charge in [-0.15, -0.1) is 0 Å². The summed E-state index contributed by atoms with van der Waals surface area (Å²) >= 11 is 12.3. The van der Waals surface area contributed by atoms with E-state index in [-0.39, 0.29) is 24.1 Å². The molecule has 0 aliphatic rings. The molecular weight excluding hydrogens is 571 g/mol. The first kappa shape index (κ1) is 29.9. The number of aromatic nitrogens is 5. The number of rotatable bonds is 11. The first-order valence-electron chi connectivity index (χ1n) is 12.7. The lowest BCUT2D eigenvalue weighted by Crippen LogP contribution is -2.42. The maximum atomic E-state index is 13.3. The highest BCUT2D eigenvalue weighted by molar-refractivity contribution is 6.74. The summed E-state index contributed by atoms with van der Waals surface area (Å²) in [5.41, 5.74) is 1.04. The Balaban J connectivity index is 1.55. The zero-order chi connectivity index (χ0) is 28.9. The van der Waals surface area contributed by atoms with Gasteiger partial charge in [0.1, 0.15) is 11.2 Å². The van der Waals surface area contributed by atoms with E-state index in [0.29, 0.717) is 44.9 Å². The quantitative estimate of drug-likeness (QED) is 0.155. The summed E-state index contributed by atoms with van der Waals surface area (Å²) in [7, 11) is -1.93.